The highest BCUT2D eigenvalue weighted by Gasteiger charge is 2.44. The lowest BCUT2D eigenvalue weighted by Crippen LogP contribution is -2.52. The van der Waals surface area contributed by atoms with E-state index in [-0.39, 0.29) is 30.9 Å². The van der Waals surface area contributed by atoms with Gasteiger partial charge in [0.15, 0.2) is 0 Å². The average Bonchev–Trinajstić information content (AvgIpc) is 3.40. The number of fused-ring (bicyclic) bond motifs is 3. The van der Waals surface area contributed by atoms with E-state index in [0.29, 0.717) is 19.4 Å². The van der Waals surface area contributed by atoms with Gasteiger partial charge < -0.3 is 20.1 Å². The molecular formula is C27H32N2O5. The summed E-state index contributed by atoms with van der Waals surface area (Å²) in [5.41, 5.74) is 3.58. The van der Waals surface area contributed by atoms with Gasteiger partial charge in [-0.15, -0.1) is 0 Å². The highest BCUT2D eigenvalue weighted by atomic mass is 16.5. The lowest BCUT2D eigenvalue weighted by molar-refractivity contribution is -0.147. The third-order valence-electron chi connectivity index (χ3n) is 7.40. The first-order chi connectivity index (χ1) is 16.2. The molecule has 2 aromatic carbocycles. The van der Waals surface area contributed by atoms with E-state index in [4.69, 9.17) is 4.74 Å². The summed E-state index contributed by atoms with van der Waals surface area (Å²) in [6, 6.07) is 15.5. The minimum atomic E-state index is -0.959. The van der Waals surface area contributed by atoms with Crippen molar-refractivity contribution in [2.24, 2.45) is 11.3 Å². The molecule has 180 valence electrons. The fraction of sp³-hybridized carbons (Fsp3) is 0.444. The zero-order valence-corrected chi connectivity index (χ0v) is 19.9. The second-order valence-electron chi connectivity index (χ2n) is 9.71. The van der Waals surface area contributed by atoms with E-state index in [1.807, 2.05) is 38.1 Å². The summed E-state index contributed by atoms with van der Waals surface area (Å²) >= 11 is 0. The van der Waals surface area contributed by atoms with E-state index < -0.39 is 23.5 Å². The number of nitrogens with one attached hydrogen (secondary N) is 1. The molecular weight excluding hydrogens is 432 g/mol. The predicted octanol–water partition coefficient (Wildman–Crippen LogP) is 4.26. The number of rotatable bonds is 7. The normalized spacial score (nSPS) is 20.9. The maximum Gasteiger partial charge on any atom is 0.407 e. The molecule has 1 aliphatic carbocycles. The standard InChI is InChI=1S/C27H32N2O5/c1-4-17(2)23(24(30)29-14-13-27(3,16-29)25(31)32)28-26(33)34-15-22-20-11-7-5-9-18(20)19-10-6-8-12-21(19)22/h5-12,17,22-23H,4,13-16H2,1-3H3,(H,28,33)(H,31,32)/t17-,23-,27?/m0/s1. The molecule has 0 saturated carbocycles. The van der Waals surface area contributed by atoms with Gasteiger partial charge in [-0.25, -0.2) is 4.79 Å². The van der Waals surface area contributed by atoms with Gasteiger partial charge in [0, 0.05) is 19.0 Å². The van der Waals surface area contributed by atoms with Gasteiger partial charge in [0.25, 0.3) is 0 Å². The third-order valence-corrected chi connectivity index (χ3v) is 7.40. The predicted molar refractivity (Wildman–Crippen MR) is 128 cm³/mol. The molecule has 2 aromatic rings. The number of benzene rings is 2. The van der Waals surface area contributed by atoms with Crippen LogP contribution in [0, 0.1) is 11.3 Å². The number of carboxylic acid groups (broad SMARTS) is 1. The molecule has 0 radical (unpaired) electrons. The number of ether oxygens (including phenoxy) is 1. The van der Waals surface area contributed by atoms with Gasteiger partial charge in [0.1, 0.15) is 12.6 Å². The van der Waals surface area contributed by atoms with E-state index in [1.54, 1.807) is 11.8 Å². The van der Waals surface area contributed by atoms with Gasteiger partial charge in [0.2, 0.25) is 5.91 Å². The Morgan fingerprint density at radius 2 is 1.71 bits per heavy atom. The number of likely N-dealkylation sites (tertiary alicyclic amines) is 1. The number of hydrogen-bond donors (Lipinski definition) is 2. The van der Waals surface area contributed by atoms with E-state index in [0.717, 1.165) is 22.3 Å². The maximum atomic E-state index is 13.2. The molecule has 4 rings (SSSR count). The van der Waals surface area contributed by atoms with Crippen LogP contribution in [0.4, 0.5) is 4.79 Å². The van der Waals surface area contributed by atoms with Gasteiger partial charge >= 0.3 is 12.1 Å². The number of alkyl carbamates (subject to hydrolysis) is 1. The van der Waals surface area contributed by atoms with Crippen molar-refractivity contribution in [2.75, 3.05) is 19.7 Å². The highest BCUT2D eigenvalue weighted by molar-refractivity contribution is 5.87. The van der Waals surface area contributed by atoms with Crippen molar-refractivity contribution < 1.29 is 24.2 Å². The second kappa shape index (κ2) is 9.49. The highest BCUT2D eigenvalue weighted by Crippen LogP contribution is 2.44. The van der Waals surface area contributed by atoms with Gasteiger partial charge in [-0.1, -0.05) is 68.8 Å². The van der Waals surface area contributed by atoms with Crippen molar-refractivity contribution in [2.45, 2.75) is 45.6 Å². The van der Waals surface area contributed by atoms with E-state index in [2.05, 4.69) is 29.6 Å². The number of amides is 2. The van der Waals surface area contributed by atoms with Gasteiger partial charge in [-0.2, -0.15) is 0 Å². The van der Waals surface area contributed by atoms with Crippen molar-refractivity contribution in [3.05, 3.63) is 59.7 Å². The molecule has 3 atom stereocenters. The van der Waals surface area contributed by atoms with Crippen molar-refractivity contribution in [1.29, 1.82) is 0 Å². The fourth-order valence-corrected chi connectivity index (χ4v) is 4.97. The van der Waals surface area contributed by atoms with Crippen LogP contribution in [0.3, 0.4) is 0 Å². The van der Waals surface area contributed by atoms with Crippen molar-refractivity contribution in [3.63, 3.8) is 0 Å². The summed E-state index contributed by atoms with van der Waals surface area (Å²) in [5.74, 6) is -1.35. The lowest BCUT2D eigenvalue weighted by atomic mass is 9.90. The number of aliphatic carboxylic acids is 1. The third kappa shape index (κ3) is 4.39. The monoisotopic (exact) mass is 464 g/mol. The first-order valence-corrected chi connectivity index (χ1v) is 11.9. The molecule has 7 heteroatoms. The van der Waals surface area contributed by atoms with E-state index in [1.165, 1.54) is 0 Å². The Bertz CT molecular complexity index is 1050. The van der Waals surface area contributed by atoms with Crippen molar-refractivity contribution in [3.8, 4) is 11.1 Å². The Morgan fingerprint density at radius 3 is 2.24 bits per heavy atom. The van der Waals surface area contributed by atoms with Crippen molar-refractivity contribution >= 4 is 18.0 Å². The number of carboxylic acids is 1. The Balaban J connectivity index is 1.43. The van der Waals surface area contributed by atoms with Crippen LogP contribution >= 0.6 is 0 Å². The summed E-state index contributed by atoms with van der Waals surface area (Å²) in [6.45, 7) is 6.18. The fourth-order valence-electron chi connectivity index (χ4n) is 4.97. The lowest BCUT2D eigenvalue weighted by Gasteiger charge is -2.29. The zero-order valence-electron chi connectivity index (χ0n) is 19.9. The van der Waals surface area contributed by atoms with Gasteiger partial charge in [-0.05, 0) is 41.5 Å². The minimum Gasteiger partial charge on any atom is -0.481 e. The molecule has 1 saturated heterocycles. The maximum absolute atomic E-state index is 13.2. The molecule has 34 heavy (non-hydrogen) atoms. The Kier molecular flexibility index (Phi) is 6.64. The summed E-state index contributed by atoms with van der Waals surface area (Å²) in [6.07, 6.45) is 0.441. The van der Waals surface area contributed by atoms with Crippen LogP contribution in [0.25, 0.3) is 11.1 Å². The molecule has 0 aromatic heterocycles. The van der Waals surface area contributed by atoms with Gasteiger partial charge in [0.05, 0.1) is 5.41 Å². The first kappa shape index (κ1) is 23.8. The molecule has 2 N–H and O–H groups in total. The number of carbonyl (C=O) groups is 3. The molecule has 1 fully saturated rings. The SMILES string of the molecule is CC[C@H](C)[C@H](NC(=O)OCC1c2ccccc2-c2ccccc21)C(=O)N1CCC(C)(C(=O)O)C1. The molecule has 1 heterocycles. The van der Waals surface area contributed by atoms with E-state index >= 15 is 0 Å². The van der Waals surface area contributed by atoms with Crippen LogP contribution in [0.1, 0.15) is 50.7 Å². The van der Waals surface area contributed by atoms with Crippen LogP contribution in [0.2, 0.25) is 0 Å². The zero-order chi connectivity index (χ0) is 24.5. The second-order valence-corrected chi connectivity index (χ2v) is 9.71. The molecule has 2 aliphatic rings. The molecule has 1 unspecified atom stereocenters. The first-order valence-electron chi connectivity index (χ1n) is 11.9. The summed E-state index contributed by atoms with van der Waals surface area (Å²) in [7, 11) is 0. The molecule has 0 spiro atoms. The Hall–Kier alpha value is -3.35. The largest absolute Gasteiger partial charge is 0.481 e. The minimum absolute atomic E-state index is 0.0641. The van der Waals surface area contributed by atoms with Crippen LogP contribution in [-0.4, -0.2) is 53.7 Å². The van der Waals surface area contributed by atoms with Crippen molar-refractivity contribution in [1.82, 2.24) is 10.2 Å². The van der Waals surface area contributed by atoms with Crippen LogP contribution in [0.15, 0.2) is 48.5 Å². The van der Waals surface area contributed by atoms with Crippen LogP contribution in [0.5, 0.6) is 0 Å². The van der Waals surface area contributed by atoms with Gasteiger partial charge in [-0.3, -0.25) is 9.59 Å². The van der Waals surface area contributed by atoms with Crippen LogP contribution < -0.4 is 5.32 Å². The number of carbonyl (C=O) groups excluding carboxylic acids is 2. The van der Waals surface area contributed by atoms with E-state index in [9.17, 15) is 19.5 Å². The molecule has 0 bridgehead atoms. The summed E-state index contributed by atoms with van der Waals surface area (Å²) in [4.78, 5) is 39.2. The quantitative estimate of drug-likeness (QED) is 0.638. The average molecular weight is 465 g/mol. The smallest absolute Gasteiger partial charge is 0.407 e. The topological polar surface area (TPSA) is 95.9 Å². The Labute approximate surface area is 200 Å². The number of nitrogens with zero attached hydrogens (tertiary/aromatic N) is 1. The molecule has 2 amide bonds. The summed E-state index contributed by atoms with van der Waals surface area (Å²) < 4.78 is 5.64. The molecule has 1 aliphatic heterocycles. The van der Waals surface area contributed by atoms with Crippen LogP contribution in [-0.2, 0) is 14.3 Å². The number of hydrogen-bond acceptors (Lipinski definition) is 4. The Morgan fingerprint density at radius 1 is 1.12 bits per heavy atom. The molecule has 7 nitrogen and oxygen atoms in total. The summed E-state index contributed by atoms with van der Waals surface area (Å²) in [5, 5.41) is 12.3.